The van der Waals surface area contributed by atoms with E-state index in [-0.39, 0.29) is 11.8 Å². The van der Waals surface area contributed by atoms with Gasteiger partial charge in [0.1, 0.15) is 0 Å². The van der Waals surface area contributed by atoms with Gasteiger partial charge in [-0.15, -0.1) is 0 Å². The first-order valence-corrected chi connectivity index (χ1v) is 8.36. The van der Waals surface area contributed by atoms with E-state index in [0.29, 0.717) is 6.54 Å². The van der Waals surface area contributed by atoms with Crippen molar-refractivity contribution in [2.45, 2.75) is 19.1 Å². The lowest BCUT2D eigenvalue weighted by molar-refractivity contribution is 0.0560. The normalized spacial score (nSPS) is 17.2. The Kier molecular flexibility index (Phi) is 4.15. The molecule has 4 rings (SSSR count). The average Bonchev–Trinajstić information content (AvgIpc) is 3.31. The number of ether oxygens (including phenoxy) is 1. The Morgan fingerprint density at radius 3 is 2.80 bits per heavy atom. The number of furan rings is 1. The van der Waals surface area contributed by atoms with Gasteiger partial charge in [-0.2, -0.15) is 0 Å². The number of esters is 1. The molecular weight excluding hydrogens is 316 g/mol. The predicted molar refractivity (Wildman–Crippen MR) is 93.2 cm³/mol. The molecule has 5 nitrogen and oxygen atoms in total. The van der Waals surface area contributed by atoms with E-state index in [4.69, 9.17) is 9.15 Å². The van der Waals surface area contributed by atoms with Crippen LogP contribution < -0.4 is 0 Å². The molecule has 3 heterocycles. The van der Waals surface area contributed by atoms with Crippen LogP contribution in [0.15, 0.2) is 65.4 Å². The summed E-state index contributed by atoms with van der Waals surface area (Å²) in [6, 6.07) is 16.7. The minimum atomic E-state index is -0.434. The molecule has 25 heavy (non-hydrogen) atoms. The molecular formula is C20H20N2O3. The molecule has 2 aromatic heterocycles. The molecule has 1 aromatic carbocycles. The van der Waals surface area contributed by atoms with Crippen LogP contribution in [0.4, 0.5) is 0 Å². The summed E-state index contributed by atoms with van der Waals surface area (Å²) >= 11 is 0. The third kappa shape index (κ3) is 2.87. The van der Waals surface area contributed by atoms with Crippen LogP contribution in [0.5, 0.6) is 0 Å². The second kappa shape index (κ2) is 6.61. The van der Waals surface area contributed by atoms with Gasteiger partial charge in [0.25, 0.3) is 0 Å². The van der Waals surface area contributed by atoms with Gasteiger partial charge in [-0.1, -0.05) is 30.3 Å². The van der Waals surface area contributed by atoms with Crippen LogP contribution in [0.2, 0.25) is 0 Å². The minimum Gasteiger partial charge on any atom is -0.463 e. The van der Waals surface area contributed by atoms with Crippen LogP contribution in [0, 0.1) is 0 Å². The molecule has 1 aliphatic heterocycles. The molecule has 0 fully saturated rings. The summed E-state index contributed by atoms with van der Waals surface area (Å²) in [5.74, 6) is -0.146. The molecule has 0 bridgehead atoms. The fraction of sp³-hybridized carbons (Fsp3) is 0.250. The van der Waals surface area contributed by atoms with Gasteiger partial charge in [-0.25, -0.2) is 4.79 Å². The van der Waals surface area contributed by atoms with E-state index in [2.05, 4.69) is 52.1 Å². The number of methoxy groups -OCH3 is 1. The summed E-state index contributed by atoms with van der Waals surface area (Å²) < 4.78 is 12.5. The maximum atomic E-state index is 11.9. The van der Waals surface area contributed by atoms with Crippen molar-refractivity contribution in [2.75, 3.05) is 13.7 Å². The fourth-order valence-corrected chi connectivity index (χ4v) is 3.57. The zero-order valence-corrected chi connectivity index (χ0v) is 14.1. The van der Waals surface area contributed by atoms with E-state index in [1.165, 1.54) is 18.4 Å². The van der Waals surface area contributed by atoms with Crippen LogP contribution in [-0.4, -0.2) is 29.1 Å². The second-order valence-corrected chi connectivity index (χ2v) is 6.18. The summed E-state index contributed by atoms with van der Waals surface area (Å²) in [6.45, 7) is 2.45. The maximum absolute atomic E-state index is 11.9. The predicted octanol–water partition coefficient (Wildman–Crippen LogP) is 3.47. The Bertz CT molecular complexity index is 866. The lowest BCUT2D eigenvalue weighted by Gasteiger charge is -2.37. The summed E-state index contributed by atoms with van der Waals surface area (Å²) in [5, 5.41) is 0. The molecule has 1 aliphatic rings. The second-order valence-electron chi connectivity index (χ2n) is 6.18. The van der Waals surface area contributed by atoms with Gasteiger partial charge < -0.3 is 13.7 Å². The molecule has 0 N–H and O–H groups in total. The van der Waals surface area contributed by atoms with E-state index in [1.807, 2.05) is 12.1 Å². The van der Waals surface area contributed by atoms with E-state index in [9.17, 15) is 4.79 Å². The van der Waals surface area contributed by atoms with Crippen molar-refractivity contribution < 1.29 is 13.9 Å². The lowest BCUT2D eigenvalue weighted by Crippen LogP contribution is -2.38. The van der Waals surface area contributed by atoms with E-state index in [0.717, 1.165) is 18.7 Å². The summed E-state index contributed by atoms with van der Waals surface area (Å²) in [5.41, 5.74) is 3.36. The summed E-state index contributed by atoms with van der Waals surface area (Å²) in [7, 11) is 1.37. The minimum absolute atomic E-state index is 0.144. The van der Waals surface area contributed by atoms with Gasteiger partial charge in [0.05, 0.1) is 19.4 Å². The van der Waals surface area contributed by atoms with Crippen LogP contribution in [0.25, 0.3) is 0 Å². The van der Waals surface area contributed by atoms with E-state index in [1.54, 1.807) is 6.26 Å². The number of carbonyl (C=O) groups excluding carboxylic acids is 1. The van der Waals surface area contributed by atoms with Gasteiger partial charge in [0.15, 0.2) is 0 Å². The number of benzene rings is 1. The van der Waals surface area contributed by atoms with Crippen molar-refractivity contribution in [3.05, 3.63) is 83.6 Å². The van der Waals surface area contributed by atoms with Gasteiger partial charge in [0.2, 0.25) is 5.76 Å². The highest BCUT2D eigenvalue weighted by atomic mass is 16.5. The number of rotatable bonds is 4. The molecule has 0 saturated heterocycles. The fourth-order valence-electron chi connectivity index (χ4n) is 3.57. The molecule has 0 saturated carbocycles. The number of hydrogen-bond donors (Lipinski definition) is 0. The first-order chi connectivity index (χ1) is 12.3. The van der Waals surface area contributed by atoms with Crippen LogP contribution in [-0.2, 0) is 17.8 Å². The first kappa shape index (κ1) is 15.7. The molecule has 128 valence electrons. The van der Waals surface area contributed by atoms with Gasteiger partial charge in [-0.05, 0) is 23.8 Å². The SMILES string of the molecule is COC(=O)c1occc1CN1CCn2cccc2C1c1ccccc1. The van der Waals surface area contributed by atoms with E-state index < -0.39 is 5.97 Å². The van der Waals surface area contributed by atoms with Crippen molar-refractivity contribution in [1.29, 1.82) is 0 Å². The summed E-state index contributed by atoms with van der Waals surface area (Å²) in [4.78, 5) is 14.3. The molecule has 1 unspecified atom stereocenters. The van der Waals surface area contributed by atoms with Crippen molar-refractivity contribution in [3.63, 3.8) is 0 Å². The smallest absolute Gasteiger partial charge is 0.374 e. The van der Waals surface area contributed by atoms with Crippen LogP contribution >= 0.6 is 0 Å². The van der Waals surface area contributed by atoms with Crippen LogP contribution in [0.3, 0.4) is 0 Å². The number of aromatic nitrogens is 1. The van der Waals surface area contributed by atoms with Crippen molar-refractivity contribution in [1.82, 2.24) is 9.47 Å². The molecule has 0 radical (unpaired) electrons. The zero-order chi connectivity index (χ0) is 17.2. The Morgan fingerprint density at radius 1 is 1.16 bits per heavy atom. The lowest BCUT2D eigenvalue weighted by atomic mass is 9.99. The van der Waals surface area contributed by atoms with Gasteiger partial charge in [0, 0.05) is 37.1 Å². The van der Waals surface area contributed by atoms with Crippen molar-refractivity contribution in [2.24, 2.45) is 0 Å². The van der Waals surface area contributed by atoms with Crippen molar-refractivity contribution >= 4 is 5.97 Å². The first-order valence-electron chi connectivity index (χ1n) is 8.36. The Labute approximate surface area is 146 Å². The zero-order valence-electron chi connectivity index (χ0n) is 14.1. The average molecular weight is 336 g/mol. The Hall–Kier alpha value is -2.79. The number of carbonyl (C=O) groups is 1. The molecule has 3 aromatic rings. The third-order valence-corrected chi connectivity index (χ3v) is 4.74. The molecule has 0 spiro atoms. The third-order valence-electron chi connectivity index (χ3n) is 4.74. The highest BCUT2D eigenvalue weighted by Crippen LogP contribution is 2.33. The molecule has 0 amide bonds. The number of hydrogen-bond acceptors (Lipinski definition) is 4. The van der Waals surface area contributed by atoms with Gasteiger partial charge >= 0.3 is 5.97 Å². The van der Waals surface area contributed by atoms with Crippen LogP contribution in [0.1, 0.15) is 33.4 Å². The molecule has 0 aliphatic carbocycles. The van der Waals surface area contributed by atoms with E-state index >= 15 is 0 Å². The molecule has 5 heteroatoms. The number of nitrogens with zero attached hydrogens (tertiary/aromatic N) is 2. The number of fused-ring (bicyclic) bond motifs is 1. The van der Waals surface area contributed by atoms with Crippen molar-refractivity contribution in [3.8, 4) is 0 Å². The quantitative estimate of drug-likeness (QED) is 0.685. The van der Waals surface area contributed by atoms with Gasteiger partial charge in [-0.3, -0.25) is 4.90 Å². The summed E-state index contributed by atoms with van der Waals surface area (Å²) in [6.07, 6.45) is 3.67. The highest BCUT2D eigenvalue weighted by molar-refractivity contribution is 5.87. The Balaban J connectivity index is 1.69. The monoisotopic (exact) mass is 336 g/mol. The highest BCUT2D eigenvalue weighted by Gasteiger charge is 2.30. The Morgan fingerprint density at radius 2 is 2.00 bits per heavy atom. The molecule has 1 atom stereocenters. The maximum Gasteiger partial charge on any atom is 0.374 e. The topological polar surface area (TPSA) is 47.6 Å². The standard InChI is InChI=1S/C20H20N2O3/c1-24-20(23)19-16(9-13-25-19)14-22-12-11-21-10-5-8-17(21)18(22)15-6-3-2-4-7-15/h2-10,13,18H,11-12,14H2,1H3. The largest absolute Gasteiger partial charge is 0.463 e.